The van der Waals surface area contributed by atoms with Gasteiger partial charge in [-0.3, -0.25) is 9.79 Å². The smallest absolute Gasteiger partial charge is 0.222 e. The van der Waals surface area contributed by atoms with Gasteiger partial charge in [0.05, 0.1) is 0 Å². The average Bonchev–Trinajstić information content (AvgIpc) is 2.95. The number of carbonyl (C=O) groups excluding carboxylic acids is 1. The van der Waals surface area contributed by atoms with Gasteiger partial charge >= 0.3 is 0 Å². The zero-order valence-corrected chi connectivity index (χ0v) is 17.2. The molecule has 1 atom stereocenters. The molecule has 0 aliphatic carbocycles. The van der Waals surface area contributed by atoms with E-state index in [0.29, 0.717) is 11.9 Å². The molecule has 0 saturated carbocycles. The lowest BCUT2D eigenvalue weighted by Gasteiger charge is -2.33. The molecule has 1 amide bonds. The van der Waals surface area contributed by atoms with Crippen LogP contribution in [0.4, 0.5) is 0 Å². The maximum absolute atomic E-state index is 11.9. The Bertz CT molecular complexity index is 394. The summed E-state index contributed by atoms with van der Waals surface area (Å²) < 4.78 is 0. The van der Waals surface area contributed by atoms with Crippen molar-refractivity contribution in [3.05, 3.63) is 0 Å². The largest absolute Gasteiger partial charge is 0.356 e. The lowest BCUT2D eigenvalue weighted by atomic mass is 9.99. The first-order chi connectivity index (χ1) is 10.7. The summed E-state index contributed by atoms with van der Waals surface area (Å²) in [5, 5.41) is 3.50. The number of hydrogen-bond acceptors (Lipinski definition) is 2. The number of halogens is 1. The third-order valence-corrected chi connectivity index (χ3v) is 5.08. The Morgan fingerprint density at radius 1 is 1.35 bits per heavy atom. The van der Waals surface area contributed by atoms with Gasteiger partial charge in [0.15, 0.2) is 5.96 Å². The first-order valence-corrected chi connectivity index (χ1v) is 8.90. The third kappa shape index (κ3) is 5.80. The standard InChI is InChI=1S/C17H32N4O.HI/c1-4-15(21-11-5-6-16(21)22)7-10-19-17(18-3)20-12-8-14(2)9-13-20;/h14-15H,4-13H2,1-3H3,(H,18,19);1H. The van der Waals surface area contributed by atoms with E-state index in [4.69, 9.17) is 0 Å². The summed E-state index contributed by atoms with van der Waals surface area (Å²) in [5.74, 6) is 2.19. The first-order valence-electron chi connectivity index (χ1n) is 8.90. The second kappa shape index (κ2) is 10.4. The molecule has 2 heterocycles. The lowest BCUT2D eigenvalue weighted by molar-refractivity contribution is -0.129. The highest BCUT2D eigenvalue weighted by atomic mass is 127. The quantitative estimate of drug-likeness (QED) is 0.410. The van der Waals surface area contributed by atoms with Crippen molar-refractivity contribution in [1.29, 1.82) is 0 Å². The van der Waals surface area contributed by atoms with E-state index in [9.17, 15) is 4.79 Å². The summed E-state index contributed by atoms with van der Waals surface area (Å²) in [6.07, 6.45) is 6.30. The second-order valence-corrected chi connectivity index (χ2v) is 6.68. The summed E-state index contributed by atoms with van der Waals surface area (Å²) in [7, 11) is 1.86. The van der Waals surface area contributed by atoms with Crippen LogP contribution in [-0.2, 0) is 4.79 Å². The predicted molar refractivity (Wildman–Crippen MR) is 106 cm³/mol. The Labute approximate surface area is 158 Å². The number of guanidine groups is 1. The van der Waals surface area contributed by atoms with E-state index < -0.39 is 0 Å². The van der Waals surface area contributed by atoms with Gasteiger partial charge in [-0.1, -0.05) is 13.8 Å². The average molecular weight is 436 g/mol. The molecule has 0 aromatic carbocycles. The molecule has 2 saturated heterocycles. The molecule has 1 N–H and O–H groups in total. The minimum absolute atomic E-state index is 0. The highest BCUT2D eigenvalue weighted by Crippen LogP contribution is 2.18. The fourth-order valence-electron chi connectivity index (χ4n) is 3.54. The molecule has 0 aromatic rings. The van der Waals surface area contributed by atoms with Crippen LogP contribution in [0.2, 0.25) is 0 Å². The van der Waals surface area contributed by atoms with Gasteiger partial charge < -0.3 is 15.1 Å². The van der Waals surface area contributed by atoms with Gasteiger partial charge in [0.1, 0.15) is 0 Å². The monoisotopic (exact) mass is 436 g/mol. The van der Waals surface area contributed by atoms with E-state index in [1.54, 1.807) is 0 Å². The van der Waals surface area contributed by atoms with Crippen LogP contribution in [0.25, 0.3) is 0 Å². The normalized spacial score (nSPS) is 21.3. The number of rotatable bonds is 5. The number of aliphatic imine (C=N–C) groups is 1. The fraction of sp³-hybridized carbons (Fsp3) is 0.882. The maximum Gasteiger partial charge on any atom is 0.222 e. The Balaban J connectivity index is 0.00000264. The van der Waals surface area contributed by atoms with Gasteiger partial charge in [-0.05, 0) is 38.0 Å². The van der Waals surface area contributed by atoms with Crippen LogP contribution in [0.15, 0.2) is 4.99 Å². The van der Waals surface area contributed by atoms with Crippen LogP contribution < -0.4 is 5.32 Å². The molecule has 2 rings (SSSR count). The summed E-state index contributed by atoms with van der Waals surface area (Å²) in [6, 6.07) is 0.377. The zero-order valence-electron chi connectivity index (χ0n) is 14.9. The van der Waals surface area contributed by atoms with Crippen LogP contribution in [0, 0.1) is 5.92 Å². The zero-order chi connectivity index (χ0) is 15.9. The van der Waals surface area contributed by atoms with Crippen molar-refractivity contribution in [3.63, 3.8) is 0 Å². The van der Waals surface area contributed by atoms with E-state index >= 15 is 0 Å². The van der Waals surface area contributed by atoms with Crippen molar-refractivity contribution in [2.45, 2.75) is 58.4 Å². The van der Waals surface area contributed by atoms with E-state index in [1.807, 2.05) is 7.05 Å². The van der Waals surface area contributed by atoms with E-state index in [0.717, 1.165) is 63.7 Å². The second-order valence-electron chi connectivity index (χ2n) is 6.68. The minimum Gasteiger partial charge on any atom is -0.356 e. The van der Waals surface area contributed by atoms with E-state index in [-0.39, 0.29) is 24.0 Å². The van der Waals surface area contributed by atoms with Gasteiger partial charge in [-0.2, -0.15) is 0 Å². The Kier molecular flexibility index (Phi) is 9.24. The molecule has 134 valence electrons. The number of likely N-dealkylation sites (tertiary alicyclic amines) is 2. The molecular weight excluding hydrogens is 403 g/mol. The number of amides is 1. The van der Waals surface area contributed by atoms with Crippen LogP contribution in [0.3, 0.4) is 0 Å². The molecule has 2 aliphatic rings. The van der Waals surface area contributed by atoms with Gasteiger partial charge in [-0.25, -0.2) is 0 Å². The summed E-state index contributed by atoms with van der Waals surface area (Å²) in [4.78, 5) is 20.7. The van der Waals surface area contributed by atoms with Crippen molar-refractivity contribution in [2.75, 3.05) is 33.2 Å². The molecular formula is C17H33IN4O. The molecule has 6 heteroatoms. The minimum atomic E-state index is 0. The molecule has 0 radical (unpaired) electrons. The molecule has 23 heavy (non-hydrogen) atoms. The summed E-state index contributed by atoms with van der Waals surface area (Å²) >= 11 is 0. The Morgan fingerprint density at radius 3 is 2.57 bits per heavy atom. The van der Waals surface area contributed by atoms with Gasteiger partial charge in [0.2, 0.25) is 5.91 Å². The Morgan fingerprint density at radius 2 is 2.04 bits per heavy atom. The highest BCUT2D eigenvalue weighted by molar-refractivity contribution is 14.0. The summed E-state index contributed by atoms with van der Waals surface area (Å²) in [6.45, 7) is 8.53. The number of piperidine rings is 1. The van der Waals surface area contributed by atoms with Gasteiger partial charge in [-0.15, -0.1) is 24.0 Å². The van der Waals surface area contributed by atoms with Crippen molar-refractivity contribution < 1.29 is 4.79 Å². The number of nitrogens with zero attached hydrogens (tertiary/aromatic N) is 3. The maximum atomic E-state index is 11.9. The van der Waals surface area contributed by atoms with Gasteiger partial charge in [0.25, 0.3) is 0 Å². The van der Waals surface area contributed by atoms with Crippen molar-refractivity contribution in [3.8, 4) is 0 Å². The molecule has 0 spiro atoms. The Hall–Kier alpha value is -0.530. The fourth-order valence-corrected chi connectivity index (χ4v) is 3.54. The molecule has 5 nitrogen and oxygen atoms in total. The van der Waals surface area contributed by atoms with E-state index in [1.165, 1.54) is 12.8 Å². The third-order valence-electron chi connectivity index (χ3n) is 5.08. The topological polar surface area (TPSA) is 47.9 Å². The van der Waals surface area contributed by atoms with Crippen LogP contribution in [0.5, 0.6) is 0 Å². The molecule has 0 bridgehead atoms. The molecule has 2 fully saturated rings. The first kappa shape index (κ1) is 20.5. The van der Waals surface area contributed by atoms with E-state index in [2.05, 4.69) is 34.0 Å². The molecule has 1 unspecified atom stereocenters. The van der Waals surface area contributed by atoms with Crippen LogP contribution >= 0.6 is 24.0 Å². The van der Waals surface area contributed by atoms with Crippen LogP contribution in [-0.4, -0.2) is 60.9 Å². The number of hydrogen-bond donors (Lipinski definition) is 1. The van der Waals surface area contributed by atoms with Crippen molar-refractivity contribution in [1.82, 2.24) is 15.1 Å². The van der Waals surface area contributed by atoms with Crippen molar-refractivity contribution in [2.24, 2.45) is 10.9 Å². The number of carbonyl (C=O) groups is 1. The predicted octanol–water partition coefficient (Wildman–Crippen LogP) is 2.70. The van der Waals surface area contributed by atoms with Crippen molar-refractivity contribution >= 4 is 35.8 Å². The highest BCUT2D eigenvalue weighted by Gasteiger charge is 2.26. The molecule has 2 aliphatic heterocycles. The number of nitrogens with one attached hydrogen (secondary N) is 1. The summed E-state index contributed by atoms with van der Waals surface area (Å²) in [5.41, 5.74) is 0. The molecule has 0 aromatic heterocycles. The van der Waals surface area contributed by atoms with Gasteiger partial charge in [0, 0.05) is 45.7 Å². The van der Waals surface area contributed by atoms with Crippen LogP contribution in [0.1, 0.15) is 52.4 Å². The lowest BCUT2D eigenvalue weighted by Crippen LogP contribution is -2.46. The SMILES string of the molecule is CCC(CCNC(=NC)N1CCC(C)CC1)N1CCCC1=O.I.